The molecule has 0 aromatic rings. The Morgan fingerprint density at radius 3 is 2.36 bits per heavy atom. The van der Waals surface area contributed by atoms with Gasteiger partial charge in [0.1, 0.15) is 12.0 Å². The average molecular weight is 194 g/mol. The summed E-state index contributed by atoms with van der Waals surface area (Å²) < 4.78 is 9.43. The minimum atomic E-state index is -0.654. The minimum Gasteiger partial charge on any atom is -0.457 e. The van der Waals surface area contributed by atoms with E-state index in [4.69, 9.17) is 4.74 Å². The number of carbonyl (C=O) groups is 3. The molecule has 2 fully saturated rings. The second-order valence-electron chi connectivity index (χ2n) is 3.60. The summed E-state index contributed by atoms with van der Waals surface area (Å²) in [5, 5.41) is 0. The summed E-state index contributed by atoms with van der Waals surface area (Å²) in [5.41, 5.74) is 0. The largest absolute Gasteiger partial charge is 0.457 e. The summed E-state index contributed by atoms with van der Waals surface area (Å²) >= 11 is 0. The summed E-state index contributed by atoms with van der Waals surface area (Å²) in [6, 6.07) is 0. The fraction of sp³-hybridized carbons (Fsp3) is 0.444. The second kappa shape index (κ2) is 2.23. The van der Waals surface area contributed by atoms with Crippen LogP contribution < -0.4 is 0 Å². The van der Waals surface area contributed by atoms with Gasteiger partial charge in [0, 0.05) is 0 Å². The van der Waals surface area contributed by atoms with Crippen molar-refractivity contribution in [1.82, 2.24) is 0 Å². The van der Waals surface area contributed by atoms with Crippen LogP contribution in [0.1, 0.15) is 0 Å². The highest BCUT2D eigenvalue weighted by atomic mass is 16.6. The van der Waals surface area contributed by atoms with Crippen LogP contribution in [0, 0.1) is 17.8 Å². The number of rotatable bonds is 0. The van der Waals surface area contributed by atoms with Crippen LogP contribution in [0.2, 0.25) is 0 Å². The van der Waals surface area contributed by atoms with Gasteiger partial charge in [0.25, 0.3) is 0 Å². The van der Waals surface area contributed by atoms with Crippen LogP contribution in [0.4, 0.5) is 0 Å². The van der Waals surface area contributed by atoms with Crippen molar-refractivity contribution >= 4 is 17.9 Å². The van der Waals surface area contributed by atoms with Crippen LogP contribution in [0.15, 0.2) is 12.2 Å². The monoisotopic (exact) mass is 194 g/mol. The SMILES string of the molecule is O=C1OC(=O)[C@H]2[C@@H]1[C@H]1C=C[C@@H]2OC1=O. The van der Waals surface area contributed by atoms with E-state index in [9.17, 15) is 14.4 Å². The van der Waals surface area contributed by atoms with E-state index in [1.165, 1.54) is 0 Å². The first kappa shape index (κ1) is 7.73. The molecule has 2 saturated heterocycles. The Balaban J connectivity index is 2.10. The third-order valence-corrected chi connectivity index (χ3v) is 2.91. The molecule has 2 bridgehead atoms. The van der Waals surface area contributed by atoms with Crippen molar-refractivity contribution in [2.24, 2.45) is 17.8 Å². The predicted molar refractivity (Wildman–Crippen MR) is 40.6 cm³/mol. The van der Waals surface area contributed by atoms with E-state index in [0.29, 0.717) is 0 Å². The predicted octanol–water partition coefficient (Wildman–Crippen LogP) is -0.586. The molecule has 5 heteroatoms. The average Bonchev–Trinajstić information content (AvgIpc) is 2.45. The van der Waals surface area contributed by atoms with Gasteiger partial charge in [0.2, 0.25) is 0 Å². The van der Waals surface area contributed by atoms with Gasteiger partial charge in [-0.1, -0.05) is 6.08 Å². The molecule has 1 aliphatic carbocycles. The molecule has 4 atom stereocenters. The molecule has 3 aliphatic heterocycles. The molecular formula is C9H6O5. The Morgan fingerprint density at radius 1 is 0.929 bits per heavy atom. The van der Waals surface area contributed by atoms with E-state index in [0.717, 1.165) is 0 Å². The highest BCUT2D eigenvalue weighted by Gasteiger charge is 2.59. The molecule has 0 radical (unpaired) electrons. The summed E-state index contributed by atoms with van der Waals surface area (Å²) in [7, 11) is 0. The van der Waals surface area contributed by atoms with Gasteiger partial charge in [-0.05, 0) is 6.08 Å². The smallest absolute Gasteiger partial charge is 0.321 e. The molecular weight excluding hydrogens is 188 g/mol. The van der Waals surface area contributed by atoms with E-state index in [2.05, 4.69) is 4.74 Å². The fourth-order valence-corrected chi connectivity index (χ4v) is 2.26. The Kier molecular flexibility index (Phi) is 1.23. The van der Waals surface area contributed by atoms with Crippen LogP contribution in [-0.4, -0.2) is 24.0 Å². The van der Waals surface area contributed by atoms with Crippen LogP contribution in [0.3, 0.4) is 0 Å². The molecule has 0 aromatic heterocycles. The molecule has 0 amide bonds. The Hall–Kier alpha value is -1.65. The number of ether oxygens (including phenoxy) is 2. The Bertz CT molecular complexity index is 383. The van der Waals surface area contributed by atoms with Crippen molar-refractivity contribution in [1.29, 1.82) is 0 Å². The maximum Gasteiger partial charge on any atom is 0.321 e. The number of cyclic esters (lactones) is 2. The quantitative estimate of drug-likeness (QED) is 0.293. The zero-order valence-corrected chi connectivity index (χ0v) is 7.01. The van der Waals surface area contributed by atoms with Gasteiger partial charge in [0.05, 0.1) is 11.8 Å². The lowest BCUT2D eigenvalue weighted by Gasteiger charge is -2.35. The summed E-state index contributed by atoms with van der Waals surface area (Å²) in [4.78, 5) is 33.8. The highest BCUT2D eigenvalue weighted by Crippen LogP contribution is 2.43. The first-order valence-corrected chi connectivity index (χ1v) is 4.33. The van der Waals surface area contributed by atoms with Crippen LogP contribution in [0.25, 0.3) is 0 Å². The zero-order chi connectivity index (χ0) is 9.87. The van der Waals surface area contributed by atoms with Crippen molar-refractivity contribution in [3.63, 3.8) is 0 Å². The van der Waals surface area contributed by atoms with Gasteiger partial charge in [-0.3, -0.25) is 14.4 Å². The summed E-state index contributed by atoms with van der Waals surface area (Å²) in [6.07, 6.45) is 2.65. The van der Waals surface area contributed by atoms with Gasteiger partial charge < -0.3 is 9.47 Å². The zero-order valence-electron chi connectivity index (χ0n) is 7.01. The third-order valence-electron chi connectivity index (χ3n) is 2.91. The molecule has 14 heavy (non-hydrogen) atoms. The normalized spacial score (nSPS) is 43.6. The van der Waals surface area contributed by atoms with E-state index >= 15 is 0 Å². The third kappa shape index (κ3) is 0.724. The van der Waals surface area contributed by atoms with E-state index < -0.39 is 41.8 Å². The van der Waals surface area contributed by atoms with E-state index in [1.54, 1.807) is 12.2 Å². The number of hydrogen-bond donors (Lipinski definition) is 0. The maximum absolute atomic E-state index is 11.3. The molecule has 0 spiro atoms. The van der Waals surface area contributed by atoms with Gasteiger partial charge in [-0.25, -0.2) is 0 Å². The Labute approximate surface area is 78.7 Å². The van der Waals surface area contributed by atoms with Crippen molar-refractivity contribution in [3.8, 4) is 0 Å². The molecule has 0 N–H and O–H groups in total. The van der Waals surface area contributed by atoms with Gasteiger partial charge in [0.15, 0.2) is 0 Å². The lowest BCUT2D eigenvalue weighted by molar-refractivity contribution is -0.168. The molecule has 72 valence electrons. The van der Waals surface area contributed by atoms with Crippen LogP contribution >= 0.6 is 0 Å². The number of esters is 3. The maximum atomic E-state index is 11.3. The second-order valence-corrected chi connectivity index (χ2v) is 3.60. The topological polar surface area (TPSA) is 69.7 Å². The summed E-state index contributed by atoms with van der Waals surface area (Å²) in [5.74, 6) is -3.52. The standard InChI is InChI=1S/C9H6O5/c10-7-3-1-2-4(13-7)6-5(3)8(11)14-9(6)12/h1-6H/t3-,4+,5+,6-/m1/s1. The molecule has 4 rings (SSSR count). The van der Waals surface area contributed by atoms with Crippen molar-refractivity contribution in [2.75, 3.05) is 0 Å². The van der Waals surface area contributed by atoms with Crippen molar-refractivity contribution < 1.29 is 23.9 Å². The molecule has 5 nitrogen and oxygen atoms in total. The van der Waals surface area contributed by atoms with Gasteiger partial charge in [-0.2, -0.15) is 0 Å². The molecule has 3 heterocycles. The molecule has 0 unspecified atom stereocenters. The number of fused-ring (bicyclic) bond motifs is 1. The number of carbonyl (C=O) groups excluding carboxylic acids is 3. The fourth-order valence-electron chi connectivity index (χ4n) is 2.26. The van der Waals surface area contributed by atoms with Crippen molar-refractivity contribution in [2.45, 2.75) is 6.10 Å². The first-order chi connectivity index (χ1) is 6.68. The van der Waals surface area contributed by atoms with Crippen LogP contribution in [-0.2, 0) is 23.9 Å². The van der Waals surface area contributed by atoms with Gasteiger partial charge >= 0.3 is 17.9 Å². The Morgan fingerprint density at radius 2 is 1.64 bits per heavy atom. The van der Waals surface area contributed by atoms with E-state index in [-0.39, 0.29) is 0 Å². The van der Waals surface area contributed by atoms with Gasteiger partial charge in [-0.15, -0.1) is 0 Å². The minimum absolute atomic E-state index is 0.439. The lowest BCUT2D eigenvalue weighted by atomic mass is 9.73. The first-order valence-electron chi connectivity index (χ1n) is 4.33. The molecule has 4 aliphatic rings. The van der Waals surface area contributed by atoms with Crippen molar-refractivity contribution in [3.05, 3.63) is 12.2 Å². The lowest BCUT2D eigenvalue weighted by Crippen LogP contribution is -2.48. The number of hydrogen-bond acceptors (Lipinski definition) is 5. The van der Waals surface area contributed by atoms with E-state index in [1.807, 2.05) is 0 Å². The highest BCUT2D eigenvalue weighted by molar-refractivity contribution is 6.01. The molecule has 0 saturated carbocycles. The summed E-state index contributed by atoms with van der Waals surface area (Å²) in [6.45, 7) is 0. The molecule has 0 aromatic carbocycles. The van der Waals surface area contributed by atoms with Crippen LogP contribution in [0.5, 0.6) is 0 Å².